The van der Waals surface area contributed by atoms with Gasteiger partial charge in [-0.2, -0.15) is 0 Å². The van der Waals surface area contributed by atoms with Crippen LogP contribution in [0.1, 0.15) is 26.7 Å². The number of oxazole rings is 1. The lowest BCUT2D eigenvalue weighted by molar-refractivity contribution is -0.120. The van der Waals surface area contributed by atoms with Crippen LogP contribution in [0.2, 0.25) is 0 Å². The molecule has 20 heavy (non-hydrogen) atoms. The molecule has 1 aromatic heterocycles. The summed E-state index contributed by atoms with van der Waals surface area (Å²) in [5, 5.41) is 2.74. The van der Waals surface area contributed by atoms with Crippen LogP contribution in [0.5, 0.6) is 0 Å². The first-order valence-electron chi connectivity index (χ1n) is 6.15. The molecule has 0 aliphatic rings. The van der Waals surface area contributed by atoms with E-state index in [1.165, 1.54) is 0 Å². The standard InChI is InChI=1S/C13H17N3O3.ClH/c1-3-6-13(2,14)11(17)15-8-4-5-10-9(7-8)16-12(18)19-10;/h4-5,7H,3,6,14H2,1-2H3,(H,15,17)(H,16,18);1H. The van der Waals surface area contributed by atoms with Crippen molar-refractivity contribution in [1.29, 1.82) is 0 Å². The van der Waals surface area contributed by atoms with E-state index in [1.54, 1.807) is 25.1 Å². The maximum Gasteiger partial charge on any atom is 0.417 e. The molecule has 6 nitrogen and oxygen atoms in total. The first kappa shape index (κ1) is 16.3. The molecular formula is C13H18ClN3O3. The Morgan fingerprint density at radius 1 is 1.50 bits per heavy atom. The van der Waals surface area contributed by atoms with Crippen LogP contribution < -0.4 is 16.8 Å². The minimum atomic E-state index is -0.909. The van der Waals surface area contributed by atoms with Crippen molar-refractivity contribution in [3.63, 3.8) is 0 Å². The fourth-order valence-electron chi connectivity index (χ4n) is 1.94. The number of benzene rings is 1. The molecule has 0 aliphatic carbocycles. The van der Waals surface area contributed by atoms with Crippen molar-refractivity contribution in [3.8, 4) is 0 Å². The minimum Gasteiger partial charge on any atom is -0.408 e. The summed E-state index contributed by atoms with van der Waals surface area (Å²) in [5.41, 5.74) is 6.60. The lowest BCUT2D eigenvalue weighted by Gasteiger charge is -2.22. The van der Waals surface area contributed by atoms with Gasteiger partial charge in [0.1, 0.15) is 0 Å². The van der Waals surface area contributed by atoms with Gasteiger partial charge in [-0.1, -0.05) is 13.3 Å². The monoisotopic (exact) mass is 299 g/mol. The number of carbonyl (C=O) groups excluding carboxylic acids is 1. The van der Waals surface area contributed by atoms with E-state index in [0.717, 1.165) is 6.42 Å². The van der Waals surface area contributed by atoms with Crippen molar-refractivity contribution >= 4 is 35.1 Å². The van der Waals surface area contributed by atoms with Gasteiger partial charge in [0.25, 0.3) is 0 Å². The van der Waals surface area contributed by atoms with Gasteiger partial charge in [0.2, 0.25) is 5.91 Å². The number of amides is 1. The number of aromatic nitrogens is 1. The molecule has 0 aliphatic heterocycles. The topological polar surface area (TPSA) is 101 Å². The molecule has 0 spiro atoms. The molecule has 0 fully saturated rings. The Kier molecular flexibility index (Phi) is 4.97. The highest BCUT2D eigenvalue weighted by Gasteiger charge is 2.27. The summed E-state index contributed by atoms with van der Waals surface area (Å²) in [6, 6.07) is 4.93. The van der Waals surface area contributed by atoms with Crippen molar-refractivity contribution in [2.24, 2.45) is 5.73 Å². The molecule has 0 saturated heterocycles. The number of anilines is 1. The molecule has 2 rings (SSSR count). The number of carbonyl (C=O) groups is 1. The maximum absolute atomic E-state index is 12.0. The van der Waals surface area contributed by atoms with Crippen molar-refractivity contribution in [2.45, 2.75) is 32.2 Å². The smallest absolute Gasteiger partial charge is 0.408 e. The molecule has 0 bridgehead atoms. The van der Waals surface area contributed by atoms with Gasteiger partial charge in [0.15, 0.2) is 5.58 Å². The third-order valence-electron chi connectivity index (χ3n) is 2.96. The van der Waals surface area contributed by atoms with Gasteiger partial charge in [-0.05, 0) is 31.5 Å². The van der Waals surface area contributed by atoms with Crippen LogP contribution in [0.3, 0.4) is 0 Å². The average Bonchev–Trinajstić information content (AvgIpc) is 2.68. The summed E-state index contributed by atoms with van der Waals surface area (Å²) >= 11 is 0. The van der Waals surface area contributed by atoms with Gasteiger partial charge >= 0.3 is 5.76 Å². The Balaban J connectivity index is 0.00000200. The Morgan fingerprint density at radius 3 is 2.85 bits per heavy atom. The lowest BCUT2D eigenvalue weighted by atomic mass is 9.96. The van der Waals surface area contributed by atoms with Gasteiger partial charge in [0, 0.05) is 5.69 Å². The third-order valence-corrected chi connectivity index (χ3v) is 2.96. The second-order valence-corrected chi connectivity index (χ2v) is 4.85. The Morgan fingerprint density at radius 2 is 2.20 bits per heavy atom. The van der Waals surface area contributed by atoms with Crippen LogP contribution >= 0.6 is 12.4 Å². The predicted molar refractivity (Wildman–Crippen MR) is 80.2 cm³/mol. The molecule has 0 radical (unpaired) electrons. The van der Waals surface area contributed by atoms with E-state index in [0.29, 0.717) is 23.2 Å². The van der Waals surface area contributed by atoms with E-state index in [9.17, 15) is 9.59 Å². The quantitative estimate of drug-likeness (QED) is 0.803. The van der Waals surface area contributed by atoms with Crippen molar-refractivity contribution < 1.29 is 9.21 Å². The van der Waals surface area contributed by atoms with E-state index >= 15 is 0 Å². The summed E-state index contributed by atoms with van der Waals surface area (Å²) in [4.78, 5) is 25.6. The molecule has 1 heterocycles. The highest BCUT2D eigenvalue weighted by Crippen LogP contribution is 2.18. The lowest BCUT2D eigenvalue weighted by Crippen LogP contribution is -2.48. The number of hydrogen-bond donors (Lipinski definition) is 3. The molecule has 1 atom stereocenters. The van der Waals surface area contributed by atoms with Crippen LogP contribution in [0.4, 0.5) is 5.69 Å². The summed E-state index contributed by atoms with van der Waals surface area (Å²) in [7, 11) is 0. The van der Waals surface area contributed by atoms with E-state index in [4.69, 9.17) is 10.2 Å². The Hall–Kier alpha value is -1.79. The number of halogens is 1. The molecule has 7 heteroatoms. The molecule has 1 aromatic carbocycles. The summed E-state index contributed by atoms with van der Waals surface area (Å²) < 4.78 is 4.89. The maximum atomic E-state index is 12.0. The molecule has 4 N–H and O–H groups in total. The zero-order valence-electron chi connectivity index (χ0n) is 11.4. The Labute approximate surface area is 122 Å². The van der Waals surface area contributed by atoms with E-state index < -0.39 is 11.3 Å². The van der Waals surface area contributed by atoms with Crippen LogP contribution in [0.15, 0.2) is 27.4 Å². The number of rotatable bonds is 4. The highest BCUT2D eigenvalue weighted by molar-refractivity contribution is 5.98. The first-order chi connectivity index (χ1) is 8.92. The van der Waals surface area contributed by atoms with Gasteiger partial charge in [-0.3, -0.25) is 9.78 Å². The molecule has 110 valence electrons. The van der Waals surface area contributed by atoms with Crippen LogP contribution in [-0.2, 0) is 4.79 Å². The van der Waals surface area contributed by atoms with E-state index in [1.807, 2.05) is 6.92 Å². The van der Waals surface area contributed by atoms with Gasteiger partial charge in [0.05, 0.1) is 11.1 Å². The average molecular weight is 300 g/mol. The second kappa shape index (κ2) is 6.11. The molecule has 2 aromatic rings. The molecule has 1 amide bonds. The number of nitrogens with two attached hydrogens (primary N) is 1. The second-order valence-electron chi connectivity index (χ2n) is 4.85. The van der Waals surface area contributed by atoms with Crippen LogP contribution in [0.25, 0.3) is 11.1 Å². The zero-order chi connectivity index (χ0) is 14.0. The summed E-state index contributed by atoms with van der Waals surface area (Å²) in [6.07, 6.45) is 1.43. The van der Waals surface area contributed by atoms with Crippen molar-refractivity contribution in [1.82, 2.24) is 4.98 Å². The van der Waals surface area contributed by atoms with Crippen LogP contribution in [0, 0.1) is 0 Å². The number of fused-ring (bicyclic) bond motifs is 1. The molecule has 1 unspecified atom stereocenters. The first-order valence-corrected chi connectivity index (χ1v) is 6.15. The fourth-order valence-corrected chi connectivity index (χ4v) is 1.94. The van der Waals surface area contributed by atoms with Gasteiger partial charge in [-0.15, -0.1) is 12.4 Å². The predicted octanol–water partition coefficient (Wildman–Crippen LogP) is 2.00. The van der Waals surface area contributed by atoms with Crippen molar-refractivity contribution in [2.75, 3.05) is 5.32 Å². The zero-order valence-corrected chi connectivity index (χ0v) is 12.2. The summed E-state index contributed by atoms with van der Waals surface area (Å²) in [6.45, 7) is 3.67. The number of hydrogen-bond acceptors (Lipinski definition) is 4. The van der Waals surface area contributed by atoms with Gasteiger partial charge in [-0.25, -0.2) is 4.79 Å². The summed E-state index contributed by atoms with van der Waals surface area (Å²) in [5.74, 6) is -0.771. The minimum absolute atomic E-state index is 0. The number of aromatic amines is 1. The SMILES string of the molecule is CCCC(C)(N)C(=O)Nc1ccc2oc(=O)[nH]c2c1.Cl. The van der Waals surface area contributed by atoms with Crippen LogP contribution in [-0.4, -0.2) is 16.4 Å². The highest BCUT2D eigenvalue weighted by atomic mass is 35.5. The third kappa shape index (κ3) is 3.40. The molecular weight excluding hydrogens is 282 g/mol. The largest absolute Gasteiger partial charge is 0.417 e. The van der Waals surface area contributed by atoms with E-state index in [-0.39, 0.29) is 18.3 Å². The van der Waals surface area contributed by atoms with Crippen molar-refractivity contribution in [3.05, 3.63) is 28.7 Å². The number of nitrogens with one attached hydrogen (secondary N) is 2. The Bertz CT molecular complexity index is 660. The fraction of sp³-hybridized carbons (Fsp3) is 0.385. The van der Waals surface area contributed by atoms with Gasteiger partial charge < -0.3 is 15.5 Å². The normalized spacial score (nSPS) is 13.6. The number of H-pyrrole nitrogens is 1. The van der Waals surface area contributed by atoms with E-state index in [2.05, 4.69) is 10.3 Å². The molecule has 0 saturated carbocycles.